The molecule has 16 heavy (non-hydrogen) atoms. The van der Waals surface area contributed by atoms with Crippen LogP contribution in [0.25, 0.3) is 11.0 Å². The van der Waals surface area contributed by atoms with E-state index in [1.54, 1.807) is 0 Å². The van der Waals surface area contributed by atoms with Gasteiger partial charge in [0, 0.05) is 6.42 Å². The van der Waals surface area contributed by atoms with Crippen molar-refractivity contribution in [3.63, 3.8) is 0 Å². The molecule has 1 saturated heterocycles. The summed E-state index contributed by atoms with van der Waals surface area (Å²) in [5, 5.41) is 3.29. The summed E-state index contributed by atoms with van der Waals surface area (Å²) in [6.07, 6.45) is 1.07. The number of imidazole rings is 1. The fourth-order valence-electron chi connectivity index (χ4n) is 2.19. The minimum atomic E-state index is 0.766. The number of H-pyrrole nitrogens is 1. The Kier molecular flexibility index (Phi) is 2.21. The topological polar surface area (TPSA) is 40.7 Å². The maximum Gasteiger partial charge on any atom is 0.107 e. The first-order chi connectivity index (χ1) is 7.72. The van der Waals surface area contributed by atoms with Crippen molar-refractivity contribution < 1.29 is 0 Å². The molecule has 1 aromatic carbocycles. The van der Waals surface area contributed by atoms with Crippen LogP contribution < -0.4 is 5.32 Å². The number of aromatic nitrogens is 2. The summed E-state index contributed by atoms with van der Waals surface area (Å²) in [6, 6.07) is 4.36. The summed E-state index contributed by atoms with van der Waals surface area (Å²) >= 11 is 0. The van der Waals surface area contributed by atoms with E-state index < -0.39 is 0 Å². The van der Waals surface area contributed by atoms with Crippen molar-refractivity contribution in [3.8, 4) is 0 Å². The number of rotatable bonds is 2. The molecule has 1 fully saturated rings. The molecule has 2 aromatic rings. The van der Waals surface area contributed by atoms with Crippen molar-refractivity contribution in [3.05, 3.63) is 29.1 Å². The van der Waals surface area contributed by atoms with Crippen LogP contribution in [0.15, 0.2) is 12.1 Å². The number of hydrogen-bond donors (Lipinski definition) is 2. The Hall–Kier alpha value is -1.35. The van der Waals surface area contributed by atoms with E-state index in [9.17, 15) is 0 Å². The number of aryl methyl sites for hydroxylation is 2. The molecule has 0 aliphatic carbocycles. The maximum atomic E-state index is 4.65. The molecule has 3 heteroatoms. The van der Waals surface area contributed by atoms with Crippen molar-refractivity contribution in [2.24, 2.45) is 5.92 Å². The Morgan fingerprint density at radius 1 is 1.25 bits per heavy atom. The smallest absolute Gasteiger partial charge is 0.107 e. The van der Waals surface area contributed by atoms with Gasteiger partial charge in [0.1, 0.15) is 5.82 Å². The van der Waals surface area contributed by atoms with Crippen molar-refractivity contribution in [2.45, 2.75) is 20.3 Å². The van der Waals surface area contributed by atoms with Crippen LogP contribution in [-0.4, -0.2) is 23.1 Å². The first kappa shape index (κ1) is 9.85. The molecule has 2 N–H and O–H groups in total. The van der Waals surface area contributed by atoms with Crippen LogP contribution in [0.2, 0.25) is 0 Å². The SMILES string of the molecule is Cc1cc2nc(CC3CNC3)[nH]c2cc1C. The quantitative estimate of drug-likeness (QED) is 0.803. The van der Waals surface area contributed by atoms with Gasteiger partial charge in [0.15, 0.2) is 0 Å². The minimum Gasteiger partial charge on any atom is -0.342 e. The van der Waals surface area contributed by atoms with Crippen LogP contribution in [0.1, 0.15) is 17.0 Å². The van der Waals surface area contributed by atoms with E-state index in [0.29, 0.717) is 0 Å². The fourth-order valence-corrected chi connectivity index (χ4v) is 2.19. The lowest BCUT2D eigenvalue weighted by atomic mass is 9.99. The Labute approximate surface area is 95.3 Å². The number of nitrogens with zero attached hydrogens (tertiary/aromatic N) is 1. The van der Waals surface area contributed by atoms with Crippen molar-refractivity contribution in [1.82, 2.24) is 15.3 Å². The summed E-state index contributed by atoms with van der Waals surface area (Å²) in [6.45, 7) is 6.55. The van der Waals surface area contributed by atoms with Crippen LogP contribution in [0.3, 0.4) is 0 Å². The second kappa shape index (κ2) is 3.59. The molecule has 0 radical (unpaired) electrons. The van der Waals surface area contributed by atoms with Gasteiger partial charge in [0.2, 0.25) is 0 Å². The monoisotopic (exact) mass is 215 g/mol. The number of fused-ring (bicyclic) bond motifs is 1. The zero-order chi connectivity index (χ0) is 11.1. The van der Waals surface area contributed by atoms with Crippen LogP contribution in [0.5, 0.6) is 0 Å². The third-order valence-corrected chi connectivity index (χ3v) is 3.49. The molecule has 0 amide bonds. The number of hydrogen-bond acceptors (Lipinski definition) is 2. The summed E-state index contributed by atoms with van der Waals surface area (Å²) in [5.74, 6) is 1.90. The highest BCUT2D eigenvalue weighted by molar-refractivity contribution is 5.77. The maximum absolute atomic E-state index is 4.65. The highest BCUT2D eigenvalue weighted by Crippen LogP contribution is 2.19. The van der Waals surface area contributed by atoms with Gasteiger partial charge in [-0.2, -0.15) is 0 Å². The Morgan fingerprint density at radius 3 is 2.69 bits per heavy atom. The van der Waals surface area contributed by atoms with E-state index in [1.165, 1.54) is 16.6 Å². The molecule has 2 heterocycles. The molecule has 0 bridgehead atoms. The van der Waals surface area contributed by atoms with Crippen molar-refractivity contribution >= 4 is 11.0 Å². The predicted octanol–water partition coefficient (Wildman–Crippen LogP) is 1.94. The summed E-state index contributed by atoms with van der Waals surface area (Å²) < 4.78 is 0. The molecular formula is C13H17N3. The first-order valence-corrected chi connectivity index (χ1v) is 5.89. The van der Waals surface area contributed by atoms with E-state index in [0.717, 1.165) is 36.8 Å². The normalized spacial score (nSPS) is 16.6. The molecule has 0 spiro atoms. The largest absolute Gasteiger partial charge is 0.342 e. The second-order valence-electron chi connectivity index (χ2n) is 4.87. The Morgan fingerprint density at radius 2 is 2.00 bits per heavy atom. The van der Waals surface area contributed by atoms with E-state index >= 15 is 0 Å². The summed E-state index contributed by atoms with van der Waals surface area (Å²) in [4.78, 5) is 8.08. The third kappa shape index (κ3) is 1.61. The van der Waals surface area contributed by atoms with Crippen LogP contribution in [0, 0.1) is 19.8 Å². The number of aromatic amines is 1. The van der Waals surface area contributed by atoms with E-state index in [1.807, 2.05) is 0 Å². The molecule has 1 aliphatic rings. The average Bonchev–Trinajstić information content (AvgIpc) is 2.54. The van der Waals surface area contributed by atoms with Gasteiger partial charge < -0.3 is 10.3 Å². The number of benzene rings is 1. The molecule has 1 aliphatic heterocycles. The third-order valence-electron chi connectivity index (χ3n) is 3.49. The van der Waals surface area contributed by atoms with Gasteiger partial charge in [-0.15, -0.1) is 0 Å². The van der Waals surface area contributed by atoms with Crippen LogP contribution >= 0.6 is 0 Å². The van der Waals surface area contributed by atoms with Gasteiger partial charge in [-0.3, -0.25) is 0 Å². The van der Waals surface area contributed by atoms with E-state index in [4.69, 9.17) is 0 Å². The highest BCUT2D eigenvalue weighted by atomic mass is 15.0. The van der Waals surface area contributed by atoms with E-state index in [-0.39, 0.29) is 0 Å². The van der Waals surface area contributed by atoms with Crippen LogP contribution in [0.4, 0.5) is 0 Å². The molecule has 0 saturated carbocycles. The molecule has 3 nitrogen and oxygen atoms in total. The molecular weight excluding hydrogens is 198 g/mol. The van der Waals surface area contributed by atoms with Gasteiger partial charge in [-0.05, 0) is 56.1 Å². The Balaban J connectivity index is 1.95. The molecule has 0 unspecified atom stereocenters. The van der Waals surface area contributed by atoms with Crippen molar-refractivity contribution in [1.29, 1.82) is 0 Å². The van der Waals surface area contributed by atoms with E-state index in [2.05, 4.69) is 41.3 Å². The number of nitrogens with one attached hydrogen (secondary N) is 2. The zero-order valence-corrected chi connectivity index (χ0v) is 9.80. The lowest BCUT2D eigenvalue weighted by Gasteiger charge is -2.25. The predicted molar refractivity (Wildman–Crippen MR) is 65.6 cm³/mol. The van der Waals surface area contributed by atoms with Crippen molar-refractivity contribution in [2.75, 3.05) is 13.1 Å². The van der Waals surface area contributed by atoms with Gasteiger partial charge in [0.05, 0.1) is 11.0 Å². The molecule has 3 rings (SSSR count). The fraction of sp³-hybridized carbons (Fsp3) is 0.462. The minimum absolute atomic E-state index is 0.766. The lowest BCUT2D eigenvalue weighted by Crippen LogP contribution is -2.43. The summed E-state index contributed by atoms with van der Waals surface area (Å²) in [7, 11) is 0. The van der Waals surface area contributed by atoms with Gasteiger partial charge in [-0.25, -0.2) is 4.98 Å². The van der Waals surface area contributed by atoms with Gasteiger partial charge >= 0.3 is 0 Å². The van der Waals surface area contributed by atoms with Gasteiger partial charge in [0.25, 0.3) is 0 Å². The second-order valence-corrected chi connectivity index (χ2v) is 4.87. The molecule has 0 atom stereocenters. The lowest BCUT2D eigenvalue weighted by molar-refractivity contribution is 0.342. The molecule has 84 valence electrons. The average molecular weight is 215 g/mol. The first-order valence-electron chi connectivity index (χ1n) is 5.89. The Bertz CT molecular complexity index is 484. The highest BCUT2D eigenvalue weighted by Gasteiger charge is 2.18. The summed E-state index contributed by atoms with van der Waals surface area (Å²) in [5.41, 5.74) is 4.92. The molecule has 1 aromatic heterocycles. The van der Waals surface area contributed by atoms with Crippen LogP contribution in [-0.2, 0) is 6.42 Å². The zero-order valence-electron chi connectivity index (χ0n) is 9.80. The van der Waals surface area contributed by atoms with Gasteiger partial charge in [-0.1, -0.05) is 0 Å². The standard InChI is InChI=1S/C13H17N3/c1-8-3-11-12(4-9(8)2)16-13(15-11)5-10-6-14-7-10/h3-4,10,14H,5-7H2,1-2H3,(H,15,16).